The van der Waals surface area contributed by atoms with Crippen molar-refractivity contribution in [2.75, 3.05) is 27.4 Å². The number of hydrogen-bond donors (Lipinski definition) is 1. The van der Waals surface area contributed by atoms with E-state index in [1.165, 1.54) is 7.11 Å². The molecule has 0 rings (SSSR count). The monoisotopic (exact) mass is 259 g/mol. The van der Waals surface area contributed by atoms with Crippen LogP contribution >= 0.6 is 0 Å². The van der Waals surface area contributed by atoms with Gasteiger partial charge in [-0.3, -0.25) is 9.59 Å². The van der Waals surface area contributed by atoms with Crippen LogP contribution < -0.4 is 5.32 Å². The smallest absolute Gasteiger partial charge is 0.305 e. The zero-order chi connectivity index (χ0) is 13.8. The molecule has 1 unspecified atom stereocenters. The van der Waals surface area contributed by atoms with Crippen molar-refractivity contribution in [3.05, 3.63) is 0 Å². The molecule has 0 radical (unpaired) electrons. The summed E-state index contributed by atoms with van der Waals surface area (Å²) in [4.78, 5) is 22.3. The highest BCUT2D eigenvalue weighted by atomic mass is 16.5. The van der Waals surface area contributed by atoms with Gasteiger partial charge in [0.05, 0.1) is 7.11 Å². The lowest BCUT2D eigenvalue weighted by Crippen LogP contribution is -2.26. The molecular weight excluding hydrogens is 234 g/mol. The van der Waals surface area contributed by atoms with Gasteiger partial charge < -0.3 is 14.8 Å². The fourth-order valence-corrected chi connectivity index (χ4v) is 1.63. The number of carbonyl (C=O) groups is 2. The van der Waals surface area contributed by atoms with Gasteiger partial charge in [0.15, 0.2) is 0 Å². The maximum Gasteiger partial charge on any atom is 0.305 e. The molecule has 0 aromatic heterocycles. The molecule has 1 amide bonds. The summed E-state index contributed by atoms with van der Waals surface area (Å²) >= 11 is 0. The minimum Gasteiger partial charge on any atom is -0.469 e. The first-order valence-corrected chi connectivity index (χ1v) is 6.42. The average Bonchev–Trinajstić information content (AvgIpc) is 2.33. The van der Waals surface area contributed by atoms with Gasteiger partial charge in [0.2, 0.25) is 5.91 Å². The summed E-state index contributed by atoms with van der Waals surface area (Å²) < 4.78 is 9.51. The SMILES string of the molecule is COCC(C)CC(=O)NCCCCCC(=O)OC. The first kappa shape index (κ1) is 16.9. The molecule has 0 fully saturated rings. The predicted molar refractivity (Wildman–Crippen MR) is 69.2 cm³/mol. The van der Waals surface area contributed by atoms with Crippen LogP contribution in [0, 0.1) is 5.92 Å². The van der Waals surface area contributed by atoms with Gasteiger partial charge in [-0.2, -0.15) is 0 Å². The number of nitrogens with one attached hydrogen (secondary N) is 1. The van der Waals surface area contributed by atoms with Gasteiger partial charge in [-0.15, -0.1) is 0 Å². The highest BCUT2D eigenvalue weighted by molar-refractivity contribution is 5.76. The molecule has 5 nitrogen and oxygen atoms in total. The van der Waals surface area contributed by atoms with Gasteiger partial charge in [0.1, 0.15) is 0 Å². The number of amides is 1. The third kappa shape index (κ3) is 10.1. The standard InChI is InChI=1S/C13H25NO4/c1-11(10-17-2)9-12(15)14-8-6-4-5-7-13(16)18-3/h11H,4-10H2,1-3H3,(H,14,15). The predicted octanol–water partition coefficient (Wildman–Crippen LogP) is 1.51. The van der Waals surface area contributed by atoms with Crippen LogP contribution in [0.1, 0.15) is 39.0 Å². The van der Waals surface area contributed by atoms with E-state index in [-0.39, 0.29) is 17.8 Å². The number of rotatable bonds is 10. The Morgan fingerprint density at radius 3 is 2.50 bits per heavy atom. The van der Waals surface area contributed by atoms with E-state index in [0.717, 1.165) is 19.3 Å². The third-order valence-corrected chi connectivity index (χ3v) is 2.59. The van der Waals surface area contributed by atoms with Crippen LogP contribution in [0.4, 0.5) is 0 Å². The zero-order valence-electron chi connectivity index (χ0n) is 11.7. The Morgan fingerprint density at radius 1 is 1.17 bits per heavy atom. The Bertz CT molecular complexity index is 243. The molecule has 0 bridgehead atoms. The Labute approximate surface area is 109 Å². The zero-order valence-corrected chi connectivity index (χ0v) is 11.7. The summed E-state index contributed by atoms with van der Waals surface area (Å²) in [6.45, 7) is 3.26. The molecule has 0 aromatic carbocycles. The van der Waals surface area contributed by atoms with E-state index in [9.17, 15) is 9.59 Å². The van der Waals surface area contributed by atoms with Crippen LogP contribution in [-0.2, 0) is 19.1 Å². The fourth-order valence-electron chi connectivity index (χ4n) is 1.63. The average molecular weight is 259 g/mol. The highest BCUT2D eigenvalue weighted by Gasteiger charge is 2.08. The van der Waals surface area contributed by atoms with Crippen molar-refractivity contribution in [3.63, 3.8) is 0 Å². The molecule has 18 heavy (non-hydrogen) atoms. The van der Waals surface area contributed by atoms with E-state index in [1.807, 2.05) is 6.92 Å². The van der Waals surface area contributed by atoms with Crippen molar-refractivity contribution >= 4 is 11.9 Å². The summed E-state index contributed by atoms with van der Waals surface area (Å²) in [6, 6.07) is 0. The van der Waals surface area contributed by atoms with E-state index < -0.39 is 0 Å². The molecule has 1 N–H and O–H groups in total. The molecule has 0 aliphatic rings. The normalized spacial score (nSPS) is 11.9. The summed E-state index contributed by atoms with van der Waals surface area (Å²) in [5, 5.41) is 2.86. The van der Waals surface area contributed by atoms with Crippen LogP contribution in [-0.4, -0.2) is 39.2 Å². The second kappa shape index (κ2) is 11.0. The summed E-state index contributed by atoms with van der Waals surface area (Å²) in [5.41, 5.74) is 0. The molecule has 0 aromatic rings. The van der Waals surface area contributed by atoms with Crippen molar-refractivity contribution in [1.29, 1.82) is 0 Å². The van der Waals surface area contributed by atoms with Gasteiger partial charge in [0, 0.05) is 33.1 Å². The number of hydrogen-bond acceptors (Lipinski definition) is 4. The van der Waals surface area contributed by atoms with Gasteiger partial charge in [0.25, 0.3) is 0 Å². The molecule has 0 saturated carbocycles. The Morgan fingerprint density at radius 2 is 1.89 bits per heavy atom. The minimum atomic E-state index is -0.174. The van der Waals surface area contributed by atoms with Crippen LogP contribution in [0.15, 0.2) is 0 Å². The highest BCUT2D eigenvalue weighted by Crippen LogP contribution is 2.02. The summed E-state index contributed by atoms with van der Waals surface area (Å²) in [7, 11) is 3.03. The summed E-state index contributed by atoms with van der Waals surface area (Å²) in [5.74, 6) is 0.134. The first-order chi connectivity index (χ1) is 8.60. The lowest BCUT2D eigenvalue weighted by molar-refractivity contribution is -0.140. The second-order valence-electron chi connectivity index (χ2n) is 4.50. The van der Waals surface area contributed by atoms with Gasteiger partial charge in [-0.25, -0.2) is 0 Å². The molecule has 0 saturated heterocycles. The maximum absolute atomic E-state index is 11.5. The molecule has 5 heteroatoms. The van der Waals surface area contributed by atoms with Crippen molar-refractivity contribution in [1.82, 2.24) is 5.32 Å². The minimum absolute atomic E-state index is 0.0625. The van der Waals surface area contributed by atoms with Gasteiger partial charge >= 0.3 is 5.97 Å². The lowest BCUT2D eigenvalue weighted by atomic mass is 10.1. The number of ether oxygens (including phenoxy) is 2. The molecule has 1 atom stereocenters. The van der Waals surface area contributed by atoms with Crippen molar-refractivity contribution in [2.45, 2.75) is 39.0 Å². The molecular formula is C13H25NO4. The lowest BCUT2D eigenvalue weighted by Gasteiger charge is -2.10. The van der Waals surface area contributed by atoms with E-state index in [4.69, 9.17) is 4.74 Å². The van der Waals surface area contributed by atoms with Crippen LogP contribution in [0.25, 0.3) is 0 Å². The van der Waals surface area contributed by atoms with E-state index in [0.29, 0.717) is 26.0 Å². The Kier molecular flexibility index (Phi) is 10.3. The first-order valence-electron chi connectivity index (χ1n) is 6.42. The van der Waals surface area contributed by atoms with Crippen LogP contribution in [0.3, 0.4) is 0 Å². The van der Waals surface area contributed by atoms with Crippen molar-refractivity contribution in [3.8, 4) is 0 Å². The number of esters is 1. The van der Waals surface area contributed by atoms with Crippen molar-refractivity contribution < 1.29 is 19.1 Å². The number of carbonyl (C=O) groups excluding carboxylic acids is 2. The van der Waals surface area contributed by atoms with Crippen LogP contribution in [0.2, 0.25) is 0 Å². The molecule has 0 spiro atoms. The Balaban J connectivity index is 3.38. The largest absolute Gasteiger partial charge is 0.469 e. The van der Waals surface area contributed by atoms with Crippen molar-refractivity contribution in [2.24, 2.45) is 5.92 Å². The summed E-state index contributed by atoms with van der Waals surface area (Å²) in [6.07, 6.45) is 3.57. The van der Waals surface area contributed by atoms with E-state index in [1.54, 1.807) is 7.11 Å². The topological polar surface area (TPSA) is 64.6 Å². The van der Waals surface area contributed by atoms with E-state index >= 15 is 0 Å². The van der Waals surface area contributed by atoms with E-state index in [2.05, 4.69) is 10.1 Å². The quantitative estimate of drug-likeness (QED) is 0.477. The third-order valence-electron chi connectivity index (χ3n) is 2.59. The molecule has 0 aliphatic heterocycles. The van der Waals surface area contributed by atoms with Gasteiger partial charge in [-0.1, -0.05) is 13.3 Å². The fraction of sp³-hybridized carbons (Fsp3) is 0.846. The Hall–Kier alpha value is -1.10. The second-order valence-corrected chi connectivity index (χ2v) is 4.50. The molecule has 0 aliphatic carbocycles. The molecule has 106 valence electrons. The molecule has 0 heterocycles. The number of unbranched alkanes of at least 4 members (excludes halogenated alkanes) is 2. The maximum atomic E-state index is 11.5. The number of methoxy groups -OCH3 is 2. The van der Waals surface area contributed by atoms with Gasteiger partial charge in [-0.05, 0) is 18.8 Å². The van der Waals surface area contributed by atoms with Crippen LogP contribution in [0.5, 0.6) is 0 Å².